The standard InChI is InChI=1S/C20H20O6/c1-3-25-19-12-14(5-11-18(19)24-2)4-10-17(21)15-6-8-16(9-7-15)26-13-20(22)23/h4-12H,3,13H2,1-2H3,(H,22,23)/b10-4+. The molecule has 6 nitrogen and oxygen atoms in total. The number of methoxy groups -OCH3 is 1. The van der Waals surface area contributed by atoms with E-state index < -0.39 is 12.6 Å². The summed E-state index contributed by atoms with van der Waals surface area (Å²) in [6.45, 7) is 1.97. The Labute approximate surface area is 151 Å². The van der Waals surface area contributed by atoms with E-state index >= 15 is 0 Å². The lowest BCUT2D eigenvalue weighted by molar-refractivity contribution is -0.139. The largest absolute Gasteiger partial charge is 0.493 e. The van der Waals surface area contributed by atoms with Gasteiger partial charge in [-0.1, -0.05) is 12.1 Å². The molecule has 0 radical (unpaired) electrons. The van der Waals surface area contributed by atoms with Crippen LogP contribution in [0.3, 0.4) is 0 Å². The third-order valence-corrected chi connectivity index (χ3v) is 3.42. The van der Waals surface area contributed by atoms with E-state index in [0.717, 1.165) is 5.56 Å². The molecule has 0 aliphatic carbocycles. The molecule has 136 valence electrons. The van der Waals surface area contributed by atoms with Crippen molar-refractivity contribution >= 4 is 17.8 Å². The fourth-order valence-corrected chi connectivity index (χ4v) is 2.19. The maximum atomic E-state index is 12.3. The zero-order valence-corrected chi connectivity index (χ0v) is 14.6. The fraction of sp³-hybridized carbons (Fsp3) is 0.200. The Balaban J connectivity index is 2.06. The molecule has 2 aromatic rings. The number of carboxylic acids is 1. The van der Waals surface area contributed by atoms with Crippen molar-refractivity contribution in [3.8, 4) is 17.2 Å². The van der Waals surface area contributed by atoms with E-state index in [1.807, 2.05) is 13.0 Å². The summed E-state index contributed by atoms with van der Waals surface area (Å²) in [7, 11) is 1.57. The number of benzene rings is 2. The minimum atomic E-state index is -1.06. The van der Waals surface area contributed by atoms with Gasteiger partial charge in [-0.15, -0.1) is 0 Å². The van der Waals surface area contributed by atoms with Crippen LogP contribution in [0.5, 0.6) is 17.2 Å². The van der Waals surface area contributed by atoms with Gasteiger partial charge < -0.3 is 19.3 Å². The summed E-state index contributed by atoms with van der Waals surface area (Å²) >= 11 is 0. The van der Waals surface area contributed by atoms with Gasteiger partial charge in [0.25, 0.3) is 0 Å². The van der Waals surface area contributed by atoms with Crippen molar-refractivity contribution < 1.29 is 28.9 Å². The summed E-state index contributed by atoms with van der Waals surface area (Å²) < 4.78 is 15.8. The van der Waals surface area contributed by atoms with E-state index in [4.69, 9.17) is 19.3 Å². The molecule has 0 spiro atoms. The number of carbonyl (C=O) groups is 2. The first kappa shape index (κ1) is 19.1. The normalized spacial score (nSPS) is 10.5. The summed E-state index contributed by atoms with van der Waals surface area (Å²) in [6, 6.07) is 11.7. The number of carboxylic acid groups (broad SMARTS) is 1. The number of rotatable bonds is 9. The number of hydrogen-bond donors (Lipinski definition) is 1. The number of carbonyl (C=O) groups excluding carboxylic acids is 1. The maximum absolute atomic E-state index is 12.3. The second-order valence-electron chi connectivity index (χ2n) is 5.25. The molecule has 2 aromatic carbocycles. The molecule has 0 aromatic heterocycles. The molecule has 0 aliphatic rings. The zero-order valence-electron chi connectivity index (χ0n) is 14.6. The molecule has 0 amide bonds. The van der Waals surface area contributed by atoms with Crippen molar-refractivity contribution in [3.05, 3.63) is 59.7 Å². The molecule has 2 rings (SSSR count). The van der Waals surface area contributed by atoms with Gasteiger partial charge in [0.15, 0.2) is 23.9 Å². The molecule has 0 atom stereocenters. The van der Waals surface area contributed by atoms with Crippen LogP contribution in [0.15, 0.2) is 48.5 Å². The summed E-state index contributed by atoms with van der Waals surface area (Å²) in [6.07, 6.45) is 3.16. The second kappa shape index (κ2) is 9.27. The first-order valence-corrected chi connectivity index (χ1v) is 8.01. The number of aliphatic carboxylic acids is 1. The Kier molecular flexibility index (Phi) is 6.79. The van der Waals surface area contributed by atoms with E-state index in [9.17, 15) is 9.59 Å². The third-order valence-electron chi connectivity index (χ3n) is 3.42. The highest BCUT2D eigenvalue weighted by Crippen LogP contribution is 2.28. The lowest BCUT2D eigenvalue weighted by Gasteiger charge is -2.09. The molecule has 0 saturated carbocycles. The Morgan fingerprint density at radius 2 is 1.77 bits per heavy atom. The topological polar surface area (TPSA) is 82.1 Å². The number of allylic oxidation sites excluding steroid dienone is 1. The van der Waals surface area contributed by atoms with Crippen molar-refractivity contribution in [1.29, 1.82) is 0 Å². The van der Waals surface area contributed by atoms with Crippen LogP contribution < -0.4 is 14.2 Å². The van der Waals surface area contributed by atoms with Gasteiger partial charge in [0.2, 0.25) is 0 Å². The van der Waals surface area contributed by atoms with Crippen molar-refractivity contribution in [2.75, 3.05) is 20.3 Å². The van der Waals surface area contributed by atoms with Crippen LogP contribution in [0.4, 0.5) is 0 Å². The van der Waals surface area contributed by atoms with Crippen LogP contribution in [0.25, 0.3) is 6.08 Å². The average Bonchev–Trinajstić information content (AvgIpc) is 2.65. The lowest BCUT2D eigenvalue weighted by Crippen LogP contribution is -2.09. The van der Waals surface area contributed by atoms with E-state index in [1.54, 1.807) is 49.6 Å². The highest BCUT2D eigenvalue weighted by atomic mass is 16.5. The summed E-state index contributed by atoms with van der Waals surface area (Å²) in [5.74, 6) is 0.406. The minimum absolute atomic E-state index is 0.177. The van der Waals surface area contributed by atoms with Crippen LogP contribution in [0.1, 0.15) is 22.8 Å². The SMILES string of the molecule is CCOc1cc(/C=C/C(=O)c2ccc(OCC(=O)O)cc2)ccc1OC. The Bertz CT molecular complexity index is 792. The molecule has 1 N–H and O–H groups in total. The quantitative estimate of drug-likeness (QED) is 0.547. The van der Waals surface area contributed by atoms with E-state index in [2.05, 4.69) is 0 Å². The molecule has 0 saturated heterocycles. The third kappa shape index (κ3) is 5.37. The minimum Gasteiger partial charge on any atom is -0.493 e. The van der Waals surface area contributed by atoms with Gasteiger partial charge in [0.1, 0.15) is 5.75 Å². The molecular formula is C20H20O6. The summed E-state index contributed by atoms with van der Waals surface area (Å²) in [4.78, 5) is 22.7. The Morgan fingerprint density at radius 3 is 2.38 bits per heavy atom. The molecule has 0 aliphatic heterocycles. The predicted molar refractivity (Wildman–Crippen MR) is 97.1 cm³/mol. The first-order chi connectivity index (χ1) is 12.5. The molecule has 0 bridgehead atoms. The van der Waals surface area contributed by atoms with Crippen LogP contribution in [-0.4, -0.2) is 37.2 Å². The Morgan fingerprint density at radius 1 is 1.04 bits per heavy atom. The zero-order chi connectivity index (χ0) is 18.9. The van der Waals surface area contributed by atoms with Crippen LogP contribution in [0.2, 0.25) is 0 Å². The van der Waals surface area contributed by atoms with Gasteiger partial charge >= 0.3 is 5.97 Å². The highest BCUT2D eigenvalue weighted by molar-refractivity contribution is 6.06. The average molecular weight is 356 g/mol. The Hall–Kier alpha value is -3.28. The molecule has 0 unspecified atom stereocenters. The van der Waals surface area contributed by atoms with E-state index in [-0.39, 0.29) is 5.78 Å². The van der Waals surface area contributed by atoms with Crippen LogP contribution in [-0.2, 0) is 4.79 Å². The van der Waals surface area contributed by atoms with Crippen molar-refractivity contribution in [3.63, 3.8) is 0 Å². The van der Waals surface area contributed by atoms with Gasteiger partial charge in [-0.3, -0.25) is 4.79 Å². The maximum Gasteiger partial charge on any atom is 0.341 e. The van der Waals surface area contributed by atoms with Gasteiger partial charge in [-0.2, -0.15) is 0 Å². The number of hydrogen-bond acceptors (Lipinski definition) is 5. The van der Waals surface area contributed by atoms with Gasteiger partial charge in [-0.25, -0.2) is 4.79 Å². The molecule has 0 heterocycles. The second-order valence-corrected chi connectivity index (χ2v) is 5.25. The van der Waals surface area contributed by atoms with Gasteiger partial charge in [-0.05, 0) is 55.0 Å². The van der Waals surface area contributed by atoms with Gasteiger partial charge in [0.05, 0.1) is 13.7 Å². The smallest absolute Gasteiger partial charge is 0.341 e. The van der Waals surface area contributed by atoms with Crippen molar-refractivity contribution in [1.82, 2.24) is 0 Å². The molecule has 0 fully saturated rings. The molecule has 6 heteroatoms. The van der Waals surface area contributed by atoms with Crippen LogP contribution >= 0.6 is 0 Å². The highest BCUT2D eigenvalue weighted by Gasteiger charge is 2.06. The fourth-order valence-electron chi connectivity index (χ4n) is 2.19. The number of ketones is 1. The van der Waals surface area contributed by atoms with Crippen molar-refractivity contribution in [2.24, 2.45) is 0 Å². The van der Waals surface area contributed by atoms with Crippen LogP contribution in [0, 0.1) is 0 Å². The number of ether oxygens (including phenoxy) is 3. The predicted octanol–water partition coefficient (Wildman–Crippen LogP) is 3.45. The van der Waals surface area contributed by atoms with Crippen molar-refractivity contribution in [2.45, 2.75) is 6.92 Å². The first-order valence-electron chi connectivity index (χ1n) is 8.01. The summed E-state index contributed by atoms with van der Waals surface area (Å²) in [5.41, 5.74) is 1.28. The van der Waals surface area contributed by atoms with E-state index in [0.29, 0.717) is 29.4 Å². The summed E-state index contributed by atoms with van der Waals surface area (Å²) in [5, 5.41) is 8.58. The molecule has 26 heavy (non-hydrogen) atoms. The van der Waals surface area contributed by atoms with Gasteiger partial charge in [0, 0.05) is 5.56 Å². The molecular weight excluding hydrogens is 336 g/mol. The lowest BCUT2D eigenvalue weighted by atomic mass is 10.1. The monoisotopic (exact) mass is 356 g/mol. The van der Waals surface area contributed by atoms with E-state index in [1.165, 1.54) is 6.08 Å².